The number of aryl methyl sites for hydroxylation is 2. The minimum atomic E-state index is -1.05. The van der Waals surface area contributed by atoms with Crippen molar-refractivity contribution in [1.82, 2.24) is 14.4 Å². The van der Waals surface area contributed by atoms with Crippen molar-refractivity contribution in [3.05, 3.63) is 81.8 Å². The minimum Gasteiger partial charge on any atom is -0.505 e. The van der Waals surface area contributed by atoms with E-state index in [1.807, 2.05) is 6.07 Å². The zero-order valence-electron chi connectivity index (χ0n) is 23.4. The number of amides is 1. The van der Waals surface area contributed by atoms with Gasteiger partial charge in [-0.1, -0.05) is 43.4 Å². The average molecular weight is 575 g/mol. The molecule has 1 unspecified atom stereocenters. The molecule has 1 saturated heterocycles. The molecule has 1 aliphatic heterocycles. The van der Waals surface area contributed by atoms with E-state index in [4.69, 9.17) is 9.47 Å². The lowest BCUT2D eigenvalue weighted by molar-refractivity contribution is -0.132. The highest BCUT2D eigenvalue weighted by molar-refractivity contribution is 7.17. The minimum absolute atomic E-state index is 0.115. The molecule has 1 aromatic carbocycles. The number of ketones is 1. The van der Waals surface area contributed by atoms with E-state index in [-0.39, 0.29) is 21.3 Å². The lowest BCUT2D eigenvalue weighted by atomic mass is 9.96. The second-order valence-electron chi connectivity index (χ2n) is 10.1. The molecular weight excluding hydrogens is 544 g/mol. The first-order valence-electron chi connectivity index (χ1n) is 13.2. The van der Waals surface area contributed by atoms with Gasteiger partial charge < -0.3 is 14.6 Å². The van der Waals surface area contributed by atoms with E-state index >= 15 is 0 Å². The van der Waals surface area contributed by atoms with Gasteiger partial charge in [-0.2, -0.15) is 0 Å². The van der Waals surface area contributed by atoms with Gasteiger partial charge >= 0.3 is 11.9 Å². The Morgan fingerprint density at radius 3 is 2.61 bits per heavy atom. The quantitative estimate of drug-likeness (QED) is 0.131. The third-order valence-corrected chi connectivity index (χ3v) is 8.01. The molecule has 4 heterocycles. The Bertz CT molecular complexity index is 1700. The van der Waals surface area contributed by atoms with Crippen molar-refractivity contribution in [3.63, 3.8) is 0 Å². The smallest absolute Gasteiger partial charge is 0.350 e. The van der Waals surface area contributed by atoms with Crippen LogP contribution in [0.3, 0.4) is 0 Å². The SMILES string of the molecule is COC(=O)c1sc(N2C(=O)C(=O)/C(=C(/O)c3c(C)nc4ccccn34)C2c2cccc(OCCC(C)C)c2)nc1C. The summed E-state index contributed by atoms with van der Waals surface area (Å²) in [5.74, 6) is -1.70. The van der Waals surface area contributed by atoms with Crippen LogP contribution in [-0.4, -0.2) is 50.9 Å². The number of nitrogens with zero attached hydrogens (tertiary/aromatic N) is 4. The molecule has 212 valence electrons. The summed E-state index contributed by atoms with van der Waals surface area (Å²) in [6.45, 7) is 8.06. The molecule has 1 atom stereocenters. The Morgan fingerprint density at radius 2 is 1.88 bits per heavy atom. The number of aromatic nitrogens is 3. The maximum Gasteiger partial charge on any atom is 0.350 e. The highest BCUT2D eigenvalue weighted by Gasteiger charge is 2.49. The van der Waals surface area contributed by atoms with Gasteiger partial charge in [0.25, 0.3) is 5.78 Å². The Balaban J connectivity index is 1.70. The number of anilines is 1. The van der Waals surface area contributed by atoms with Crippen LogP contribution in [0.15, 0.2) is 54.2 Å². The number of pyridine rings is 1. The number of benzene rings is 1. The monoisotopic (exact) mass is 574 g/mol. The molecule has 3 aromatic heterocycles. The molecule has 1 N–H and O–H groups in total. The Kier molecular flexibility index (Phi) is 7.63. The van der Waals surface area contributed by atoms with Crippen LogP contribution in [0.4, 0.5) is 5.13 Å². The van der Waals surface area contributed by atoms with Gasteiger partial charge in [-0.3, -0.25) is 18.9 Å². The number of carbonyl (C=O) groups excluding carboxylic acids is 3. The summed E-state index contributed by atoms with van der Waals surface area (Å²) < 4.78 is 12.5. The number of Topliss-reactive ketones (excluding diaryl/α,β-unsaturated/α-hetero) is 1. The summed E-state index contributed by atoms with van der Waals surface area (Å²) in [5, 5.41) is 11.9. The van der Waals surface area contributed by atoms with Crippen LogP contribution < -0.4 is 9.64 Å². The molecule has 1 aliphatic rings. The Hall–Kier alpha value is -4.51. The van der Waals surface area contributed by atoms with Crippen LogP contribution in [0.1, 0.15) is 58.6 Å². The molecule has 4 aromatic rings. The number of hydrogen-bond donors (Lipinski definition) is 1. The van der Waals surface area contributed by atoms with E-state index in [0.717, 1.165) is 17.8 Å². The maximum absolute atomic E-state index is 13.7. The fourth-order valence-corrected chi connectivity index (χ4v) is 5.84. The summed E-state index contributed by atoms with van der Waals surface area (Å²) in [6, 6.07) is 11.4. The number of fused-ring (bicyclic) bond motifs is 1. The fourth-order valence-electron chi connectivity index (χ4n) is 4.83. The van der Waals surface area contributed by atoms with Crippen molar-refractivity contribution in [1.29, 1.82) is 0 Å². The van der Waals surface area contributed by atoms with Gasteiger partial charge in [0.1, 0.15) is 22.0 Å². The van der Waals surface area contributed by atoms with E-state index in [0.29, 0.717) is 46.6 Å². The summed E-state index contributed by atoms with van der Waals surface area (Å²) in [4.78, 5) is 50.1. The van der Waals surface area contributed by atoms with Crippen LogP contribution in [-0.2, 0) is 14.3 Å². The molecule has 0 bridgehead atoms. The van der Waals surface area contributed by atoms with E-state index in [1.54, 1.807) is 60.8 Å². The first-order valence-corrected chi connectivity index (χ1v) is 14.0. The highest BCUT2D eigenvalue weighted by Crippen LogP contribution is 2.44. The molecule has 11 heteroatoms. The summed E-state index contributed by atoms with van der Waals surface area (Å²) in [7, 11) is 1.26. The average Bonchev–Trinajstić information content (AvgIpc) is 3.58. The number of aliphatic hydroxyl groups excluding tert-OH is 1. The van der Waals surface area contributed by atoms with Crippen molar-refractivity contribution >= 4 is 45.5 Å². The van der Waals surface area contributed by atoms with Crippen molar-refractivity contribution < 1.29 is 29.0 Å². The second-order valence-corrected chi connectivity index (χ2v) is 11.1. The number of thiazole rings is 1. The zero-order valence-corrected chi connectivity index (χ0v) is 24.2. The number of ether oxygens (including phenoxy) is 2. The topological polar surface area (TPSA) is 123 Å². The molecule has 5 rings (SSSR count). The van der Waals surface area contributed by atoms with Gasteiger partial charge in [-0.15, -0.1) is 0 Å². The summed E-state index contributed by atoms with van der Waals surface area (Å²) >= 11 is 0.946. The summed E-state index contributed by atoms with van der Waals surface area (Å²) in [6.07, 6.45) is 2.58. The second kappa shape index (κ2) is 11.2. The van der Waals surface area contributed by atoms with E-state index < -0.39 is 23.7 Å². The lowest BCUT2D eigenvalue weighted by Gasteiger charge is -2.23. The fraction of sp³-hybridized carbons (Fsp3) is 0.300. The Morgan fingerprint density at radius 1 is 1.10 bits per heavy atom. The molecule has 0 spiro atoms. The first-order chi connectivity index (χ1) is 19.6. The molecule has 0 radical (unpaired) electrons. The van der Waals surface area contributed by atoms with Crippen molar-refractivity contribution in [2.45, 2.75) is 40.2 Å². The molecule has 1 amide bonds. The number of methoxy groups -OCH3 is 1. The number of imidazole rings is 1. The lowest BCUT2D eigenvalue weighted by Crippen LogP contribution is -2.29. The Labute approximate surface area is 240 Å². The number of aliphatic hydroxyl groups is 1. The van der Waals surface area contributed by atoms with Crippen LogP contribution in [0.25, 0.3) is 11.4 Å². The van der Waals surface area contributed by atoms with Crippen LogP contribution in [0, 0.1) is 19.8 Å². The van der Waals surface area contributed by atoms with Gasteiger partial charge in [0, 0.05) is 6.20 Å². The normalized spacial score (nSPS) is 16.6. The largest absolute Gasteiger partial charge is 0.505 e. The van der Waals surface area contributed by atoms with Crippen LogP contribution in [0.5, 0.6) is 5.75 Å². The van der Waals surface area contributed by atoms with E-state index in [2.05, 4.69) is 23.8 Å². The van der Waals surface area contributed by atoms with E-state index in [1.165, 1.54) is 12.0 Å². The highest BCUT2D eigenvalue weighted by atomic mass is 32.1. The first kappa shape index (κ1) is 28.0. The predicted molar refractivity (Wildman–Crippen MR) is 154 cm³/mol. The molecule has 10 nitrogen and oxygen atoms in total. The number of hydrogen-bond acceptors (Lipinski definition) is 9. The third-order valence-electron chi connectivity index (χ3n) is 6.87. The van der Waals surface area contributed by atoms with Crippen LogP contribution >= 0.6 is 11.3 Å². The number of esters is 1. The van der Waals surface area contributed by atoms with Gasteiger partial charge in [0.15, 0.2) is 10.9 Å². The molecule has 1 fully saturated rings. The molecular formula is C30H30N4O6S. The van der Waals surface area contributed by atoms with Crippen molar-refractivity contribution in [3.8, 4) is 5.75 Å². The maximum atomic E-state index is 13.7. The predicted octanol–water partition coefficient (Wildman–Crippen LogP) is 5.25. The van der Waals surface area contributed by atoms with Gasteiger partial charge in [0.05, 0.1) is 36.7 Å². The van der Waals surface area contributed by atoms with Gasteiger partial charge in [-0.25, -0.2) is 14.8 Å². The van der Waals surface area contributed by atoms with Crippen molar-refractivity contribution in [2.75, 3.05) is 18.6 Å². The van der Waals surface area contributed by atoms with Crippen molar-refractivity contribution in [2.24, 2.45) is 5.92 Å². The third kappa shape index (κ3) is 5.08. The molecule has 0 saturated carbocycles. The molecule has 0 aliphatic carbocycles. The van der Waals surface area contributed by atoms with Gasteiger partial charge in [0.2, 0.25) is 0 Å². The summed E-state index contributed by atoms with van der Waals surface area (Å²) in [5.41, 5.74) is 2.15. The number of rotatable bonds is 8. The number of carbonyl (C=O) groups is 3. The molecule has 41 heavy (non-hydrogen) atoms. The van der Waals surface area contributed by atoms with Crippen LogP contribution in [0.2, 0.25) is 0 Å². The zero-order chi connectivity index (χ0) is 29.4. The standard InChI is InChI=1S/C30H30N4O6S/c1-16(2)12-14-40-20-10-8-9-19(15-20)24-22(25(35)23-17(3)31-21-11-6-7-13-33(21)23)26(36)28(37)34(24)30-32-18(4)27(41-30)29(38)39-5/h6-11,13,15-16,24,35H,12,14H2,1-5H3/b25-22+. The van der Waals surface area contributed by atoms with Gasteiger partial charge in [-0.05, 0) is 56.0 Å². The van der Waals surface area contributed by atoms with E-state index in [9.17, 15) is 19.5 Å².